The minimum absolute atomic E-state index is 0.0340. The molecule has 2 aliphatic heterocycles. The van der Waals surface area contributed by atoms with E-state index in [0.29, 0.717) is 19.3 Å². The largest absolute Gasteiger partial charge is 0.479 e. The molecule has 0 aromatic heterocycles. The number of carboxylic acids is 1. The Hall–Kier alpha value is -1.31. The highest BCUT2D eigenvalue weighted by Gasteiger charge is 2.70. The first-order valence-electron chi connectivity index (χ1n) is 21.1. The van der Waals surface area contributed by atoms with Gasteiger partial charge in [0.25, 0.3) is 0 Å². The lowest BCUT2D eigenvalue weighted by atomic mass is 9.33. The standard InChI is InChI=1S/C42H68O15/c1-37(18-44)15-21-20-7-8-24-39(3)11-10-26(40(4,19-45)23(39)9-12-42(24,6)41(20,5)14-13-38(21,2)25(46)16-37)55-36-33(30(50)29(49)32(56-36)34(52)53)57-35-31(51)28(48)27(47)22(17-43)54-35/h7,21-33,35-36,43-51H,8-19H2,1-6H3,(H,52,53)/t21?,22-,23?,24?,25-,26+,27-,28+,29+,30+,31-,32+,33-,35+,36-,37-,38-,39+,40-,41-,42-/m1/s1. The Balaban J connectivity index is 1.17. The van der Waals surface area contributed by atoms with E-state index in [2.05, 4.69) is 40.7 Å². The van der Waals surface area contributed by atoms with Gasteiger partial charge >= 0.3 is 5.97 Å². The summed E-state index contributed by atoms with van der Waals surface area (Å²) in [7, 11) is 0. The molecule has 5 aliphatic carbocycles. The third-order valence-corrected chi connectivity index (χ3v) is 17.7. The number of fused-ring (bicyclic) bond motifs is 7. The molecule has 0 bridgehead atoms. The maximum Gasteiger partial charge on any atom is 0.335 e. The van der Waals surface area contributed by atoms with Crippen molar-refractivity contribution in [2.24, 2.45) is 50.2 Å². The van der Waals surface area contributed by atoms with Crippen LogP contribution in [0, 0.1) is 50.2 Å². The van der Waals surface area contributed by atoms with Gasteiger partial charge in [-0.1, -0.05) is 53.2 Å². The zero-order chi connectivity index (χ0) is 41.8. The van der Waals surface area contributed by atoms with Crippen molar-refractivity contribution in [3.05, 3.63) is 11.6 Å². The third-order valence-electron chi connectivity index (χ3n) is 17.7. The van der Waals surface area contributed by atoms with Gasteiger partial charge in [0.1, 0.15) is 42.7 Å². The number of rotatable bonds is 8. The number of carboxylic acid groups (broad SMARTS) is 1. The average molecular weight is 813 g/mol. The summed E-state index contributed by atoms with van der Waals surface area (Å²) in [4.78, 5) is 12.2. The zero-order valence-corrected chi connectivity index (χ0v) is 34.2. The van der Waals surface area contributed by atoms with Crippen LogP contribution in [0.3, 0.4) is 0 Å². The van der Waals surface area contributed by atoms with Crippen LogP contribution in [0.5, 0.6) is 0 Å². The molecule has 7 aliphatic rings. The molecular weight excluding hydrogens is 744 g/mol. The van der Waals surface area contributed by atoms with E-state index in [1.54, 1.807) is 0 Å². The average Bonchev–Trinajstić information content (AvgIpc) is 3.16. The minimum atomic E-state index is -1.98. The monoisotopic (exact) mass is 812 g/mol. The van der Waals surface area contributed by atoms with Crippen molar-refractivity contribution in [1.82, 2.24) is 0 Å². The number of allylic oxidation sites excluding steroid dienone is 2. The van der Waals surface area contributed by atoms with Crippen LogP contribution in [0.1, 0.15) is 99.3 Å². The number of aliphatic hydroxyl groups excluding tert-OH is 9. The quantitative estimate of drug-likeness (QED) is 0.120. The van der Waals surface area contributed by atoms with Crippen molar-refractivity contribution in [3.8, 4) is 0 Å². The van der Waals surface area contributed by atoms with E-state index in [1.807, 2.05) is 6.92 Å². The lowest BCUT2D eigenvalue weighted by molar-refractivity contribution is -0.375. The molecule has 0 aromatic carbocycles. The van der Waals surface area contributed by atoms with E-state index in [-0.39, 0.29) is 58.0 Å². The molecular formula is C42H68O15. The molecule has 15 heteroatoms. The molecule has 3 unspecified atom stereocenters. The molecule has 0 radical (unpaired) electrons. The fourth-order valence-electron chi connectivity index (χ4n) is 13.7. The lowest BCUT2D eigenvalue weighted by Crippen LogP contribution is -2.68. The normalized spacial score (nSPS) is 56.4. The number of hydrogen-bond acceptors (Lipinski definition) is 14. The van der Waals surface area contributed by atoms with E-state index in [9.17, 15) is 55.9 Å². The van der Waals surface area contributed by atoms with Crippen molar-refractivity contribution in [2.75, 3.05) is 19.8 Å². The molecule has 4 saturated carbocycles. The van der Waals surface area contributed by atoms with Gasteiger partial charge in [0.15, 0.2) is 18.7 Å². The number of carbonyl (C=O) groups is 1. The molecule has 6 fully saturated rings. The van der Waals surface area contributed by atoms with Gasteiger partial charge in [-0.3, -0.25) is 0 Å². The first-order chi connectivity index (χ1) is 26.6. The molecule has 2 heterocycles. The maximum absolute atomic E-state index is 12.2. The van der Waals surface area contributed by atoms with Gasteiger partial charge in [0.05, 0.1) is 25.4 Å². The maximum atomic E-state index is 12.2. The Morgan fingerprint density at radius 3 is 2.07 bits per heavy atom. The van der Waals surface area contributed by atoms with Crippen LogP contribution in [-0.2, 0) is 23.7 Å². The minimum Gasteiger partial charge on any atom is -0.479 e. The predicted octanol–water partition coefficient (Wildman–Crippen LogP) is 0.825. The highest BCUT2D eigenvalue weighted by atomic mass is 16.8. The zero-order valence-electron chi connectivity index (χ0n) is 34.2. The molecule has 0 aromatic rings. The van der Waals surface area contributed by atoms with Crippen molar-refractivity contribution in [1.29, 1.82) is 0 Å². The summed E-state index contributed by atoms with van der Waals surface area (Å²) in [6.45, 7) is 12.5. The molecule has 21 atom stereocenters. The third kappa shape index (κ3) is 6.43. The van der Waals surface area contributed by atoms with Gasteiger partial charge in [-0.05, 0) is 97.2 Å². The topological polar surface area (TPSA) is 256 Å². The molecule has 0 amide bonds. The van der Waals surface area contributed by atoms with Crippen molar-refractivity contribution < 1.29 is 74.8 Å². The molecule has 326 valence electrons. The molecule has 57 heavy (non-hydrogen) atoms. The van der Waals surface area contributed by atoms with Crippen molar-refractivity contribution >= 4 is 5.97 Å². The van der Waals surface area contributed by atoms with Crippen LogP contribution in [0.4, 0.5) is 0 Å². The van der Waals surface area contributed by atoms with E-state index >= 15 is 0 Å². The van der Waals surface area contributed by atoms with E-state index in [1.165, 1.54) is 5.57 Å². The number of ether oxygens (including phenoxy) is 4. The molecule has 0 spiro atoms. The Labute approximate surface area is 335 Å². The highest BCUT2D eigenvalue weighted by Crippen LogP contribution is 2.76. The lowest BCUT2D eigenvalue weighted by Gasteiger charge is -2.72. The van der Waals surface area contributed by atoms with Crippen LogP contribution >= 0.6 is 0 Å². The van der Waals surface area contributed by atoms with Gasteiger partial charge in [-0.25, -0.2) is 4.79 Å². The van der Waals surface area contributed by atoms with Crippen LogP contribution in [0.15, 0.2) is 11.6 Å². The first kappa shape index (κ1) is 43.8. The summed E-state index contributed by atoms with van der Waals surface area (Å²) in [5.74, 6) is -1.20. The summed E-state index contributed by atoms with van der Waals surface area (Å²) < 4.78 is 23.8. The number of aliphatic carboxylic acids is 1. The fourth-order valence-corrected chi connectivity index (χ4v) is 13.7. The highest BCUT2D eigenvalue weighted by molar-refractivity contribution is 5.73. The second-order valence-electron chi connectivity index (χ2n) is 20.6. The Morgan fingerprint density at radius 2 is 1.44 bits per heavy atom. The van der Waals surface area contributed by atoms with Gasteiger partial charge < -0.3 is 70.0 Å². The van der Waals surface area contributed by atoms with Crippen LogP contribution in [-0.4, -0.2) is 150 Å². The van der Waals surface area contributed by atoms with Crippen molar-refractivity contribution in [3.63, 3.8) is 0 Å². The summed E-state index contributed by atoms with van der Waals surface area (Å²) >= 11 is 0. The summed E-state index contributed by atoms with van der Waals surface area (Å²) in [6.07, 6.45) is -9.40. The van der Waals surface area contributed by atoms with Gasteiger partial charge in [0.2, 0.25) is 0 Å². The van der Waals surface area contributed by atoms with Crippen LogP contribution in [0.25, 0.3) is 0 Å². The fraction of sp³-hybridized carbons (Fsp3) is 0.929. The second-order valence-corrected chi connectivity index (χ2v) is 20.6. The second kappa shape index (κ2) is 14.9. The van der Waals surface area contributed by atoms with Gasteiger partial charge in [0, 0.05) is 17.4 Å². The Morgan fingerprint density at radius 1 is 0.737 bits per heavy atom. The summed E-state index contributed by atoms with van der Waals surface area (Å²) in [6, 6.07) is 0. The number of hydrogen-bond donors (Lipinski definition) is 10. The molecule has 15 nitrogen and oxygen atoms in total. The first-order valence-corrected chi connectivity index (χ1v) is 21.1. The van der Waals surface area contributed by atoms with Gasteiger partial charge in [-0.15, -0.1) is 0 Å². The molecule has 10 N–H and O–H groups in total. The Kier molecular flexibility index (Phi) is 11.5. The van der Waals surface area contributed by atoms with E-state index in [4.69, 9.17) is 18.9 Å². The smallest absolute Gasteiger partial charge is 0.335 e. The van der Waals surface area contributed by atoms with Crippen molar-refractivity contribution in [2.45, 2.75) is 173 Å². The SMILES string of the molecule is C[C@@]1(CO)CC2C3=CCC4[C@@]5(C)CC[C@H](O[C@@H]6O[C@H](C(=O)O)[C@@H](O)[C@H](O)[C@H]6O[C@@H]6O[C@H](CO)[C@@H](O)[C@H](O)[C@H]6O)[C@](C)(CO)C5CC[C@@]4(C)[C@]3(C)CC[C@@]2(C)[C@H](O)C1. The van der Waals surface area contributed by atoms with E-state index in [0.717, 1.165) is 38.5 Å². The van der Waals surface area contributed by atoms with Crippen LogP contribution < -0.4 is 0 Å². The molecule has 2 saturated heterocycles. The van der Waals surface area contributed by atoms with E-state index < -0.39 is 91.6 Å². The summed E-state index contributed by atoms with van der Waals surface area (Å²) in [5, 5.41) is 106. The summed E-state index contributed by atoms with van der Waals surface area (Å²) in [5.41, 5.74) is -0.561. The number of aliphatic hydroxyl groups is 9. The predicted molar refractivity (Wildman–Crippen MR) is 201 cm³/mol. The molecule has 7 rings (SSSR count). The van der Waals surface area contributed by atoms with Gasteiger partial charge in [-0.2, -0.15) is 0 Å². The Bertz CT molecular complexity index is 1540. The van der Waals surface area contributed by atoms with Crippen LogP contribution in [0.2, 0.25) is 0 Å².